The molecule has 0 aliphatic rings. The number of hydrogen-bond acceptors (Lipinski definition) is 3. The second-order valence-corrected chi connectivity index (χ2v) is 4.60. The van der Waals surface area contributed by atoms with Gasteiger partial charge >= 0.3 is 0 Å². The van der Waals surface area contributed by atoms with E-state index in [1.807, 2.05) is 30.3 Å². The first-order valence-corrected chi connectivity index (χ1v) is 6.10. The first kappa shape index (κ1) is 9.79. The summed E-state index contributed by atoms with van der Waals surface area (Å²) in [5.74, 6) is 0. The van der Waals surface area contributed by atoms with Crippen LogP contribution in [-0.4, -0.2) is 9.79 Å². The molecule has 16 heavy (non-hydrogen) atoms. The highest BCUT2D eigenvalue weighted by Crippen LogP contribution is 2.33. The molecule has 3 aromatic rings. The minimum atomic E-state index is -2.13. The van der Waals surface area contributed by atoms with Crippen molar-refractivity contribution in [2.45, 2.75) is 0 Å². The third-order valence-electron chi connectivity index (χ3n) is 2.60. The smallest absolute Gasteiger partial charge is 0.203 e. The molecule has 0 aliphatic heterocycles. The van der Waals surface area contributed by atoms with E-state index in [-0.39, 0.29) is 0 Å². The Morgan fingerprint density at radius 2 is 1.62 bits per heavy atom. The SMILES string of the molecule is OP(O)c1cccc2c1oc1ccccc12. The van der Waals surface area contributed by atoms with E-state index in [2.05, 4.69) is 0 Å². The number of fused-ring (bicyclic) bond motifs is 3. The maximum atomic E-state index is 9.31. The summed E-state index contributed by atoms with van der Waals surface area (Å²) in [6.45, 7) is 0. The highest BCUT2D eigenvalue weighted by molar-refractivity contribution is 7.54. The molecule has 0 atom stereocenters. The molecule has 0 bridgehead atoms. The van der Waals surface area contributed by atoms with Crippen molar-refractivity contribution in [3.8, 4) is 0 Å². The Balaban J connectivity index is 2.49. The Bertz CT molecular complexity index is 657. The molecule has 4 heteroatoms. The van der Waals surface area contributed by atoms with Crippen molar-refractivity contribution in [1.82, 2.24) is 0 Å². The van der Waals surface area contributed by atoms with Crippen LogP contribution in [0.3, 0.4) is 0 Å². The highest BCUT2D eigenvalue weighted by atomic mass is 31.2. The molecular formula is C12H9O3P. The maximum Gasteiger partial charge on any atom is 0.203 e. The van der Waals surface area contributed by atoms with Gasteiger partial charge in [0.25, 0.3) is 0 Å². The standard InChI is InChI=1S/C12H9O3P/c13-16(14)11-7-3-5-9-8-4-1-2-6-10(8)15-12(9)11/h1-7,13-14H. The normalized spacial score (nSPS) is 11.7. The molecule has 1 heterocycles. The summed E-state index contributed by atoms with van der Waals surface area (Å²) in [5.41, 5.74) is 1.33. The third kappa shape index (κ3) is 1.34. The van der Waals surface area contributed by atoms with Gasteiger partial charge in [-0.25, -0.2) is 0 Å². The van der Waals surface area contributed by atoms with E-state index in [0.29, 0.717) is 10.9 Å². The molecule has 80 valence electrons. The van der Waals surface area contributed by atoms with Crippen LogP contribution in [0.25, 0.3) is 21.9 Å². The quantitative estimate of drug-likeness (QED) is 0.634. The van der Waals surface area contributed by atoms with E-state index >= 15 is 0 Å². The molecular weight excluding hydrogens is 223 g/mol. The lowest BCUT2D eigenvalue weighted by atomic mass is 10.1. The molecule has 3 rings (SSSR count). The van der Waals surface area contributed by atoms with Crippen LogP contribution in [0.5, 0.6) is 0 Å². The van der Waals surface area contributed by atoms with Gasteiger partial charge in [-0.15, -0.1) is 0 Å². The van der Waals surface area contributed by atoms with Gasteiger partial charge in [0.05, 0.1) is 5.30 Å². The topological polar surface area (TPSA) is 53.6 Å². The first-order valence-electron chi connectivity index (χ1n) is 4.85. The van der Waals surface area contributed by atoms with Gasteiger partial charge in [-0.1, -0.05) is 30.3 Å². The number of hydrogen-bond donors (Lipinski definition) is 2. The zero-order chi connectivity index (χ0) is 11.1. The van der Waals surface area contributed by atoms with Crippen LogP contribution in [-0.2, 0) is 0 Å². The fraction of sp³-hybridized carbons (Fsp3) is 0. The van der Waals surface area contributed by atoms with Crippen molar-refractivity contribution < 1.29 is 14.2 Å². The molecule has 0 fully saturated rings. The van der Waals surface area contributed by atoms with Gasteiger partial charge in [0.2, 0.25) is 8.38 Å². The molecule has 0 spiro atoms. The minimum absolute atomic E-state index is 0.462. The van der Waals surface area contributed by atoms with Gasteiger partial charge in [-0.2, -0.15) is 0 Å². The molecule has 0 saturated heterocycles. The van der Waals surface area contributed by atoms with Crippen LogP contribution < -0.4 is 5.30 Å². The highest BCUT2D eigenvalue weighted by Gasteiger charge is 2.14. The van der Waals surface area contributed by atoms with Gasteiger partial charge in [0, 0.05) is 10.8 Å². The molecule has 0 saturated carbocycles. The van der Waals surface area contributed by atoms with E-state index in [1.165, 1.54) is 0 Å². The number of para-hydroxylation sites is 2. The van der Waals surface area contributed by atoms with Crippen LogP contribution >= 0.6 is 8.38 Å². The average Bonchev–Trinajstić information content (AvgIpc) is 2.67. The Labute approximate surface area is 92.9 Å². The van der Waals surface area contributed by atoms with Crippen molar-refractivity contribution >= 4 is 35.6 Å². The lowest BCUT2D eigenvalue weighted by Crippen LogP contribution is -1.99. The monoisotopic (exact) mass is 232 g/mol. The predicted molar refractivity (Wildman–Crippen MR) is 64.7 cm³/mol. The average molecular weight is 232 g/mol. The largest absolute Gasteiger partial charge is 0.455 e. The Morgan fingerprint density at radius 3 is 2.44 bits per heavy atom. The molecule has 0 unspecified atom stereocenters. The molecule has 3 nitrogen and oxygen atoms in total. The summed E-state index contributed by atoms with van der Waals surface area (Å²) >= 11 is 0. The van der Waals surface area contributed by atoms with E-state index in [9.17, 15) is 9.79 Å². The first-order chi connectivity index (χ1) is 7.77. The fourth-order valence-electron chi connectivity index (χ4n) is 1.89. The summed E-state index contributed by atoms with van der Waals surface area (Å²) < 4.78 is 5.64. The summed E-state index contributed by atoms with van der Waals surface area (Å²) in [6.07, 6.45) is 0. The second-order valence-electron chi connectivity index (χ2n) is 3.54. The molecule has 0 amide bonds. The molecule has 2 N–H and O–H groups in total. The van der Waals surface area contributed by atoms with Crippen LogP contribution in [0.4, 0.5) is 0 Å². The van der Waals surface area contributed by atoms with E-state index < -0.39 is 8.38 Å². The van der Waals surface area contributed by atoms with E-state index in [0.717, 1.165) is 16.4 Å². The lowest BCUT2D eigenvalue weighted by molar-refractivity contribution is 0.496. The van der Waals surface area contributed by atoms with Crippen molar-refractivity contribution in [2.24, 2.45) is 0 Å². The van der Waals surface area contributed by atoms with Gasteiger partial charge in [-0.05, 0) is 12.1 Å². The van der Waals surface area contributed by atoms with E-state index in [4.69, 9.17) is 4.42 Å². The van der Waals surface area contributed by atoms with Crippen LogP contribution in [0.1, 0.15) is 0 Å². The summed E-state index contributed by atoms with van der Waals surface area (Å²) in [4.78, 5) is 18.6. The van der Waals surface area contributed by atoms with Crippen LogP contribution in [0, 0.1) is 0 Å². The van der Waals surface area contributed by atoms with Crippen LogP contribution in [0.2, 0.25) is 0 Å². The second kappa shape index (κ2) is 3.56. The Kier molecular flexibility index (Phi) is 2.18. The zero-order valence-corrected chi connectivity index (χ0v) is 9.19. The third-order valence-corrected chi connectivity index (χ3v) is 3.38. The van der Waals surface area contributed by atoms with E-state index in [1.54, 1.807) is 12.1 Å². The fourth-order valence-corrected chi connectivity index (χ4v) is 2.46. The number of benzene rings is 2. The summed E-state index contributed by atoms with van der Waals surface area (Å²) in [5, 5.41) is 2.38. The number of furan rings is 1. The summed E-state index contributed by atoms with van der Waals surface area (Å²) in [7, 11) is -2.13. The molecule has 0 radical (unpaired) electrons. The predicted octanol–water partition coefficient (Wildman–Crippen LogP) is 2.51. The Hall–Kier alpha value is -1.41. The lowest BCUT2D eigenvalue weighted by Gasteiger charge is -2.01. The van der Waals surface area contributed by atoms with Gasteiger partial charge in [0.15, 0.2) is 0 Å². The van der Waals surface area contributed by atoms with Crippen molar-refractivity contribution in [3.05, 3.63) is 42.5 Å². The molecule has 2 aromatic carbocycles. The van der Waals surface area contributed by atoms with Crippen molar-refractivity contribution in [2.75, 3.05) is 0 Å². The van der Waals surface area contributed by atoms with Gasteiger partial charge in [-0.3, -0.25) is 0 Å². The number of rotatable bonds is 1. The van der Waals surface area contributed by atoms with Crippen molar-refractivity contribution in [1.29, 1.82) is 0 Å². The van der Waals surface area contributed by atoms with Gasteiger partial charge in [0.1, 0.15) is 11.2 Å². The zero-order valence-electron chi connectivity index (χ0n) is 8.29. The molecule has 1 aromatic heterocycles. The maximum absolute atomic E-state index is 9.31. The minimum Gasteiger partial charge on any atom is -0.455 e. The van der Waals surface area contributed by atoms with Gasteiger partial charge < -0.3 is 14.2 Å². The molecule has 0 aliphatic carbocycles. The Morgan fingerprint density at radius 1 is 0.875 bits per heavy atom. The van der Waals surface area contributed by atoms with Crippen molar-refractivity contribution in [3.63, 3.8) is 0 Å². The van der Waals surface area contributed by atoms with Crippen LogP contribution in [0.15, 0.2) is 46.9 Å². The summed E-state index contributed by atoms with van der Waals surface area (Å²) in [6, 6.07) is 13.1.